The van der Waals surface area contributed by atoms with Gasteiger partial charge in [0.25, 0.3) is 0 Å². The van der Waals surface area contributed by atoms with Crippen molar-refractivity contribution in [2.75, 3.05) is 13.8 Å². The second-order valence-corrected chi connectivity index (χ2v) is 6.09. The highest BCUT2D eigenvalue weighted by Gasteiger charge is 2.18. The first-order chi connectivity index (χ1) is 11.7. The van der Waals surface area contributed by atoms with Crippen molar-refractivity contribution in [3.05, 3.63) is 70.1 Å². The molecule has 0 saturated heterocycles. The van der Waals surface area contributed by atoms with Crippen LogP contribution in [0.1, 0.15) is 11.1 Å². The third kappa shape index (κ3) is 2.86. The van der Waals surface area contributed by atoms with Crippen molar-refractivity contribution >= 4 is 11.0 Å². The van der Waals surface area contributed by atoms with E-state index in [-0.39, 0.29) is 12.4 Å². The molecule has 122 valence electrons. The van der Waals surface area contributed by atoms with Gasteiger partial charge in [-0.1, -0.05) is 30.3 Å². The lowest BCUT2D eigenvalue weighted by Crippen LogP contribution is -3.06. The Kier molecular flexibility index (Phi) is 3.70. The molecule has 0 aliphatic carbocycles. The van der Waals surface area contributed by atoms with Crippen molar-refractivity contribution in [2.45, 2.75) is 13.1 Å². The first kappa shape index (κ1) is 14.8. The van der Waals surface area contributed by atoms with Crippen molar-refractivity contribution in [2.24, 2.45) is 0 Å². The molecule has 0 bridgehead atoms. The summed E-state index contributed by atoms with van der Waals surface area (Å²) < 4.78 is 16.1. The standard InChI is InChI=1S/C19H17NO4/c1-20(10-13-5-3-2-4-6-13)11-14-7-19(21)24-16-9-18-17(8-15(14)16)22-12-23-18/h2-9H,10-12H2,1H3/p+1. The molecule has 4 rings (SSSR count). The quantitative estimate of drug-likeness (QED) is 0.743. The van der Waals surface area contributed by atoms with Crippen molar-refractivity contribution < 1.29 is 18.8 Å². The lowest BCUT2D eigenvalue weighted by Gasteiger charge is -2.15. The molecule has 2 heterocycles. The molecule has 2 aromatic carbocycles. The highest BCUT2D eigenvalue weighted by molar-refractivity contribution is 5.84. The van der Waals surface area contributed by atoms with Gasteiger partial charge in [-0.2, -0.15) is 0 Å². The maximum absolute atomic E-state index is 11.9. The first-order valence-electron chi connectivity index (χ1n) is 7.90. The molecule has 1 N–H and O–H groups in total. The number of ether oxygens (including phenoxy) is 2. The van der Waals surface area contributed by atoms with E-state index in [0.717, 1.165) is 24.0 Å². The molecule has 5 heteroatoms. The summed E-state index contributed by atoms with van der Waals surface area (Å²) in [5.74, 6) is 1.31. The average Bonchev–Trinajstić information content (AvgIpc) is 3.01. The fourth-order valence-electron chi connectivity index (χ4n) is 3.09. The van der Waals surface area contributed by atoms with Crippen molar-refractivity contribution in [1.82, 2.24) is 0 Å². The highest BCUT2D eigenvalue weighted by atomic mass is 16.7. The van der Waals surface area contributed by atoms with Crippen LogP contribution in [0.5, 0.6) is 11.5 Å². The second-order valence-electron chi connectivity index (χ2n) is 6.09. The summed E-state index contributed by atoms with van der Waals surface area (Å²) in [5, 5.41) is 0.895. The van der Waals surface area contributed by atoms with Gasteiger partial charge in [-0.3, -0.25) is 0 Å². The second kappa shape index (κ2) is 6.02. The average molecular weight is 324 g/mol. The molecule has 0 spiro atoms. The minimum absolute atomic E-state index is 0.199. The number of fused-ring (bicyclic) bond motifs is 2. The van der Waals surface area contributed by atoms with Gasteiger partial charge in [0.1, 0.15) is 18.7 Å². The minimum Gasteiger partial charge on any atom is -0.454 e. The van der Waals surface area contributed by atoms with Crippen LogP contribution >= 0.6 is 0 Å². The van der Waals surface area contributed by atoms with E-state index in [4.69, 9.17) is 13.9 Å². The Morgan fingerprint density at radius 2 is 1.75 bits per heavy atom. The Labute approximate surface area is 139 Å². The Morgan fingerprint density at radius 1 is 1.00 bits per heavy atom. The summed E-state index contributed by atoms with van der Waals surface area (Å²) in [7, 11) is 2.11. The van der Waals surface area contributed by atoms with E-state index in [9.17, 15) is 4.79 Å². The molecule has 1 aromatic heterocycles. The number of nitrogens with one attached hydrogen (secondary N) is 1. The fourth-order valence-corrected chi connectivity index (χ4v) is 3.09. The van der Waals surface area contributed by atoms with Crippen LogP contribution in [0.3, 0.4) is 0 Å². The molecule has 1 unspecified atom stereocenters. The van der Waals surface area contributed by atoms with Gasteiger partial charge in [0.2, 0.25) is 6.79 Å². The number of rotatable bonds is 4. The predicted octanol–water partition coefficient (Wildman–Crippen LogP) is 1.74. The smallest absolute Gasteiger partial charge is 0.336 e. The lowest BCUT2D eigenvalue weighted by molar-refractivity contribution is -0.907. The van der Waals surface area contributed by atoms with E-state index < -0.39 is 0 Å². The van der Waals surface area contributed by atoms with Crippen LogP contribution in [0, 0.1) is 0 Å². The van der Waals surface area contributed by atoms with Crippen LogP contribution in [-0.2, 0) is 13.1 Å². The predicted molar refractivity (Wildman–Crippen MR) is 89.3 cm³/mol. The van der Waals surface area contributed by atoms with Gasteiger partial charge in [-0.05, 0) is 6.07 Å². The lowest BCUT2D eigenvalue weighted by atomic mass is 10.1. The van der Waals surface area contributed by atoms with Crippen LogP contribution < -0.4 is 20.0 Å². The zero-order valence-electron chi connectivity index (χ0n) is 13.4. The minimum atomic E-state index is -0.344. The number of hydrogen-bond acceptors (Lipinski definition) is 4. The molecule has 1 aliphatic heterocycles. The molecule has 0 saturated carbocycles. The van der Waals surface area contributed by atoms with Gasteiger partial charge >= 0.3 is 5.63 Å². The highest BCUT2D eigenvalue weighted by Crippen LogP contribution is 2.36. The molecule has 0 fully saturated rings. The Balaban J connectivity index is 1.67. The maximum atomic E-state index is 11.9. The summed E-state index contributed by atoms with van der Waals surface area (Å²) in [5.41, 5.74) is 2.41. The molecule has 0 radical (unpaired) electrons. The molecule has 0 amide bonds. The Hall–Kier alpha value is -2.79. The van der Waals surface area contributed by atoms with E-state index in [2.05, 4.69) is 19.2 Å². The van der Waals surface area contributed by atoms with Crippen LogP contribution in [0.25, 0.3) is 11.0 Å². The zero-order chi connectivity index (χ0) is 16.5. The largest absolute Gasteiger partial charge is 0.454 e. The molecule has 1 atom stereocenters. The summed E-state index contributed by atoms with van der Waals surface area (Å²) in [6.07, 6.45) is 0. The maximum Gasteiger partial charge on any atom is 0.336 e. The monoisotopic (exact) mass is 324 g/mol. The van der Waals surface area contributed by atoms with E-state index >= 15 is 0 Å². The molecular weight excluding hydrogens is 306 g/mol. The third-order valence-corrected chi connectivity index (χ3v) is 4.16. The van der Waals surface area contributed by atoms with Gasteiger partial charge in [-0.25, -0.2) is 4.79 Å². The van der Waals surface area contributed by atoms with Crippen molar-refractivity contribution in [1.29, 1.82) is 0 Å². The normalized spacial score (nSPS) is 14.0. The molecular formula is C19H18NO4+. The van der Waals surface area contributed by atoms with Crippen molar-refractivity contribution in [3.63, 3.8) is 0 Å². The number of benzene rings is 2. The zero-order valence-corrected chi connectivity index (χ0v) is 13.4. The molecule has 3 aromatic rings. The molecule has 1 aliphatic rings. The van der Waals surface area contributed by atoms with E-state index in [1.165, 1.54) is 10.5 Å². The first-order valence-corrected chi connectivity index (χ1v) is 7.90. The van der Waals surface area contributed by atoms with Crippen LogP contribution in [0.2, 0.25) is 0 Å². The van der Waals surface area contributed by atoms with Crippen LogP contribution in [0.15, 0.2) is 57.7 Å². The SMILES string of the molecule is C[NH+](Cc1ccccc1)Cc1cc(=O)oc2cc3c(cc12)OCO3. The van der Waals surface area contributed by atoms with Gasteiger partial charge in [0, 0.05) is 28.6 Å². The van der Waals surface area contributed by atoms with Crippen molar-refractivity contribution in [3.8, 4) is 11.5 Å². The Morgan fingerprint density at radius 3 is 2.54 bits per heavy atom. The van der Waals surface area contributed by atoms with E-state index in [0.29, 0.717) is 17.1 Å². The van der Waals surface area contributed by atoms with Gasteiger partial charge in [0.05, 0.1) is 7.05 Å². The molecule has 5 nitrogen and oxygen atoms in total. The van der Waals surface area contributed by atoms with Gasteiger partial charge in [-0.15, -0.1) is 0 Å². The van der Waals surface area contributed by atoms with Gasteiger partial charge in [0.15, 0.2) is 11.5 Å². The summed E-state index contributed by atoms with van der Waals surface area (Å²) in [6, 6.07) is 15.5. The fraction of sp³-hybridized carbons (Fsp3) is 0.211. The number of quaternary nitrogens is 1. The summed E-state index contributed by atoms with van der Waals surface area (Å²) >= 11 is 0. The van der Waals surface area contributed by atoms with Crippen LogP contribution in [0.4, 0.5) is 0 Å². The topological polar surface area (TPSA) is 53.1 Å². The molecule has 24 heavy (non-hydrogen) atoms. The van der Waals surface area contributed by atoms with E-state index in [1.54, 1.807) is 12.1 Å². The van der Waals surface area contributed by atoms with Crippen LogP contribution in [-0.4, -0.2) is 13.8 Å². The summed E-state index contributed by atoms with van der Waals surface area (Å²) in [6.45, 7) is 1.80. The summed E-state index contributed by atoms with van der Waals surface area (Å²) in [4.78, 5) is 13.2. The number of hydrogen-bond donors (Lipinski definition) is 1. The Bertz CT molecular complexity index is 933. The van der Waals surface area contributed by atoms with E-state index in [1.807, 2.05) is 24.3 Å². The van der Waals surface area contributed by atoms with Gasteiger partial charge < -0.3 is 18.8 Å². The third-order valence-electron chi connectivity index (χ3n) is 4.16.